The SMILES string of the molecule is Cn1c(CNC(=O)NC(CO)c2ccccc2)cc(Cl)c1Cl. The number of hydrogen-bond donors (Lipinski definition) is 3. The van der Waals surface area contributed by atoms with Crippen molar-refractivity contribution < 1.29 is 9.90 Å². The summed E-state index contributed by atoms with van der Waals surface area (Å²) >= 11 is 11.9. The molecule has 1 aromatic carbocycles. The van der Waals surface area contributed by atoms with Crippen molar-refractivity contribution in [1.29, 1.82) is 0 Å². The van der Waals surface area contributed by atoms with Gasteiger partial charge in [-0.25, -0.2) is 4.79 Å². The number of nitrogens with one attached hydrogen (secondary N) is 2. The molecule has 1 heterocycles. The lowest BCUT2D eigenvalue weighted by Crippen LogP contribution is -2.39. The van der Waals surface area contributed by atoms with Crippen LogP contribution >= 0.6 is 23.2 Å². The zero-order chi connectivity index (χ0) is 16.1. The summed E-state index contributed by atoms with van der Waals surface area (Å²) in [5, 5.41) is 15.7. The van der Waals surface area contributed by atoms with E-state index in [-0.39, 0.29) is 19.2 Å². The van der Waals surface area contributed by atoms with E-state index in [4.69, 9.17) is 23.2 Å². The van der Waals surface area contributed by atoms with Crippen LogP contribution in [-0.4, -0.2) is 22.3 Å². The lowest BCUT2D eigenvalue weighted by molar-refractivity contribution is 0.216. The van der Waals surface area contributed by atoms with Crippen molar-refractivity contribution in [2.24, 2.45) is 7.05 Å². The van der Waals surface area contributed by atoms with Crippen LogP contribution in [0.2, 0.25) is 10.2 Å². The van der Waals surface area contributed by atoms with Crippen LogP contribution in [0.5, 0.6) is 0 Å². The number of hydrogen-bond acceptors (Lipinski definition) is 2. The largest absolute Gasteiger partial charge is 0.394 e. The Morgan fingerprint density at radius 2 is 2.00 bits per heavy atom. The van der Waals surface area contributed by atoms with Gasteiger partial charge in [0.05, 0.1) is 24.2 Å². The lowest BCUT2D eigenvalue weighted by atomic mass is 10.1. The first kappa shape index (κ1) is 16.7. The number of carbonyl (C=O) groups excluding carboxylic acids is 1. The topological polar surface area (TPSA) is 66.3 Å². The van der Waals surface area contributed by atoms with Gasteiger partial charge in [-0.15, -0.1) is 0 Å². The summed E-state index contributed by atoms with van der Waals surface area (Å²) in [5.74, 6) is 0. The summed E-state index contributed by atoms with van der Waals surface area (Å²) < 4.78 is 1.70. The summed E-state index contributed by atoms with van der Waals surface area (Å²) in [6, 6.07) is 10.1. The number of rotatable bonds is 5. The highest BCUT2D eigenvalue weighted by atomic mass is 35.5. The summed E-state index contributed by atoms with van der Waals surface area (Å²) in [7, 11) is 1.77. The molecule has 0 radical (unpaired) electrons. The Morgan fingerprint density at radius 1 is 1.32 bits per heavy atom. The molecule has 1 aromatic heterocycles. The van der Waals surface area contributed by atoms with Gasteiger partial charge in [0, 0.05) is 12.7 Å². The normalized spacial score (nSPS) is 12.0. The van der Waals surface area contributed by atoms with Crippen molar-refractivity contribution in [2.45, 2.75) is 12.6 Å². The average molecular weight is 342 g/mol. The molecular weight excluding hydrogens is 325 g/mol. The third-order valence-electron chi connectivity index (χ3n) is 3.34. The molecule has 5 nitrogen and oxygen atoms in total. The molecule has 0 aliphatic carbocycles. The Hall–Kier alpha value is -1.69. The van der Waals surface area contributed by atoms with Gasteiger partial charge < -0.3 is 20.3 Å². The molecule has 0 aliphatic rings. The Kier molecular flexibility index (Phi) is 5.71. The van der Waals surface area contributed by atoms with E-state index in [0.29, 0.717) is 10.2 Å². The molecule has 22 heavy (non-hydrogen) atoms. The molecule has 2 aromatic rings. The molecule has 0 bridgehead atoms. The number of benzene rings is 1. The van der Waals surface area contributed by atoms with Gasteiger partial charge >= 0.3 is 6.03 Å². The van der Waals surface area contributed by atoms with Crippen molar-refractivity contribution in [1.82, 2.24) is 15.2 Å². The van der Waals surface area contributed by atoms with E-state index in [1.165, 1.54) is 0 Å². The maximum atomic E-state index is 12.0. The first-order valence-corrected chi connectivity index (χ1v) is 7.48. The van der Waals surface area contributed by atoms with E-state index in [1.54, 1.807) is 17.7 Å². The number of carbonyl (C=O) groups is 1. The van der Waals surface area contributed by atoms with Gasteiger partial charge in [-0.3, -0.25) is 0 Å². The van der Waals surface area contributed by atoms with Gasteiger partial charge in [0.2, 0.25) is 0 Å². The number of aromatic nitrogens is 1. The van der Waals surface area contributed by atoms with Gasteiger partial charge in [0.1, 0.15) is 5.15 Å². The van der Waals surface area contributed by atoms with Crippen LogP contribution in [0.25, 0.3) is 0 Å². The van der Waals surface area contributed by atoms with Crippen LogP contribution in [0.3, 0.4) is 0 Å². The van der Waals surface area contributed by atoms with Crippen LogP contribution in [0.1, 0.15) is 17.3 Å². The number of aliphatic hydroxyl groups is 1. The number of urea groups is 1. The molecule has 0 spiro atoms. The van der Waals surface area contributed by atoms with Crippen LogP contribution in [0.15, 0.2) is 36.4 Å². The number of halogens is 2. The van der Waals surface area contributed by atoms with E-state index in [9.17, 15) is 9.90 Å². The molecule has 7 heteroatoms. The molecule has 1 atom stereocenters. The summed E-state index contributed by atoms with van der Waals surface area (Å²) in [4.78, 5) is 12.0. The molecule has 0 saturated carbocycles. The Bertz CT molecular complexity index is 644. The maximum absolute atomic E-state index is 12.0. The highest BCUT2D eigenvalue weighted by Gasteiger charge is 2.14. The molecule has 3 N–H and O–H groups in total. The van der Waals surface area contributed by atoms with Gasteiger partial charge in [-0.05, 0) is 11.6 Å². The summed E-state index contributed by atoms with van der Waals surface area (Å²) in [5.41, 5.74) is 1.62. The van der Waals surface area contributed by atoms with Crippen LogP contribution < -0.4 is 10.6 Å². The second-order valence-electron chi connectivity index (χ2n) is 4.81. The van der Waals surface area contributed by atoms with Crippen molar-refractivity contribution in [3.05, 3.63) is 57.8 Å². The average Bonchev–Trinajstić information content (AvgIpc) is 2.78. The lowest BCUT2D eigenvalue weighted by Gasteiger charge is -2.17. The minimum Gasteiger partial charge on any atom is -0.394 e. The van der Waals surface area contributed by atoms with Gasteiger partial charge in [-0.2, -0.15) is 0 Å². The third-order valence-corrected chi connectivity index (χ3v) is 4.18. The molecule has 1 unspecified atom stereocenters. The number of aliphatic hydroxyl groups excluding tert-OH is 1. The zero-order valence-corrected chi connectivity index (χ0v) is 13.5. The predicted molar refractivity (Wildman–Crippen MR) is 87.1 cm³/mol. The van der Waals surface area contributed by atoms with E-state index in [1.807, 2.05) is 30.3 Å². The molecule has 0 fully saturated rings. The fraction of sp³-hybridized carbons (Fsp3) is 0.267. The van der Waals surface area contributed by atoms with Gasteiger partial charge in [0.25, 0.3) is 0 Å². The van der Waals surface area contributed by atoms with Crippen molar-refractivity contribution >= 4 is 29.2 Å². The van der Waals surface area contributed by atoms with Crippen LogP contribution in [0, 0.1) is 0 Å². The Balaban J connectivity index is 1.93. The fourth-order valence-corrected chi connectivity index (χ4v) is 2.47. The number of amides is 2. The predicted octanol–water partition coefficient (Wildman–Crippen LogP) is 2.86. The number of nitrogens with zero attached hydrogens (tertiary/aromatic N) is 1. The molecule has 0 aliphatic heterocycles. The van der Waals surface area contributed by atoms with E-state index in [0.717, 1.165) is 11.3 Å². The second kappa shape index (κ2) is 7.54. The smallest absolute Gasteiger partial charge is 0.315 e. The molecule has 2 rings (SSSR count). The maximum Gasteiger partial charge on any atom is 0.315 e. The quantitative estimate of drug-likeness (QED) is 0.782. The molecule has 0 saturated heterocycles. The van der Waals surface area contributed by atoms with E-state index >= 15 is 0 Å². The highest BCUT2D eigenvalue weighted by Crippen LogP contribution is 2.24. The third kappa shape index (κ3) is 3.94. The van der Waals surface area contributed by atoms with Gasteiger partial charge in [-0.1, -0.05) is 53.5 Å². The summed E-state index contributed by atoms with van der Waals surface area (Å²) in [6.07, 6.45) is 0. The minimum atomic E-state index is -0.457. The molecule has 2 amide bonds. The second-order valence-corrected chi connectivity index (χ2v) is 5.57. The monoisotopic (exact) mass is 341 g/mol. The van der Waals surface area contributed by atoms with Crippen molar-refractivity contribution in [3.8, 4) is 0 Å². The summed E-state index contributed by atoms with van der Waals surface area (Å²) in [6.45, 7) is 0.0982. The van der Waals surface area contributed by atoms with Gasteiger partial charge in [0.15, 0.2) is 0 Å². The highest BCUT2D eigenvalue weighted by molar-refractivity contribution is 6.41. The Morgan fingerprint density at radius 3 is 2.55 bits per heavy atom. The molecule has 118 valence electrons. The van der Waals surface area contributed by atoms with E-state index < -0.39 is 6.04 Å². The minimum absolute atomic E-state index is 0.181. The van der Waals surface area contributed by atoms with E-state index in [2.05, 4.69) is 10.6 Å². The first-order valence-electron chi connectivity index (χ1n) is 6.72. The van der Waals surface area contributed by atoms with Crippen molar-refractivity contribution in [2.75, 3.05) is 6.61 Å². The van der Waals surface area contributed by atoms with Crippen molar-refractivity contribution in [3.63, 3.8) is 0 Å². The first-order chi connectivity index (χ1) is 10.5. The Labute approximate surface area is 138 Å². The fourth-order valence-electron chi connectivity index (χ4n) is 2.06. The zero-order valence-electron chi connectivity index (χ0n) is 12.0. The molecular formula is C15H17Cl2N3O2. The standard InChI is InChI=1S/C15H17Cl2N3O2/c1-20-11(7-12(16)14(20)17)8-18-15(22)19-13(9-21)10-5-3-2-4-6-10/h2-7,13,21H,8-9H2,1H3,(H2,18,19,22). The van der Waals surface area contributed by atoms with Crippen LogP contribution in [-0.2, 0) is 13.6 Å². The van der Waals surface area contributed by atoms with Crippen LogP contribution in [0.4, 0.5) is 4.79 Å².